The van der Waals surface area contributed by atoms with Crippen LogP contribution in [0, 0.1) is 11.2 Å². The Morgan fingerprint density at radius 1 is 1.50 bits per heavy atom. The van der Waals surface area contributed by atoms with Crippen LogP contribution in [-0.4, -0.2) is 17.6 Å². The van der Waals surface area contributed by atoms with Gasteiger partial charge in [0.05, 0.1) is 6.42 Å². The van der Waals surface area contributed by atoms with Crippen LogP contribution in [0.1, 0.15) is 25.8 Å². The first-order valence-electron chi connectivity index (χ1n) is 5.67. The minimum atomic E-state index is -0.824. The lowest BCUT2D eigenvalue weighted by molar-refractivity contribution is -0.139. The van der Waals surface area contributed by atoms with E-state index in [1.54, 1.807) is 12.1 Å². The van der Waals surface area contributed by atoms with Gasteiger partial charge in [0.15, 0.2) is 0 Å². The van der Waals surface area contributed by atoms with Gasteiger partial charge >= 0.3 is 5.97 Å². The third kappa shape index (κ3) is 5.14. The highest BCUT2D eigenvalue weighted by atomic mass is 79.9. The summed E-state index contributed by atoms with van der Waals surface area (Å²) in [5.41, 5.74) is 0.212. The predicted octanol–water partition coefficient (Wildman–Crippen LogP) is 3.18. The molecule has 0 amide bonds. The molecule has 0 aliphatic heterocycles. The van der Waals surface area contributed by atoms with E-state index in [0.29, 0.717) is 18.7 Å². The molecule has 2 N–H and O–H groups in total. The van der Waals surface area contributed by atoms with Gasteiger partial charge in [0.25, 0.3) is 0 Å². The second-order valence-corrected chi connectivity index (χ2v) is 5.99. The van der Waals surface area contributed by atoms with E-state index in [1.165, 1.54) is 6.07 Å². The minimum absolute atomic E-state index is 0.0843. The molecule has 0 saturated heterocycles. The molecule has 0 aromatic heterocycles. The van der Waals surface area contributed by atoms with Crippen molar-refractivity contribution in [2.75, 3.05) is 6.54 Å². The molecule has 0 spiro atoms. The van der Waals surface area contributed by atoms with Crippen molar-refractivity contribution >= 4 is 21.9 Å². The second-order valence-electron chi connectivity index (χ2n) is 5.07. The lowest BCUT2D eigenvalue weighted by Crippen LogP contribution is -2.31. The Kier molecular flexibility index (Phi) is 5.28. The highest BCUT2D eigenvalue weighted by Gasteiger charge is 2.21. The maximum Gasteiger partial charge on any atom is 0.303 e. The number of benzene rings is 1. The SMILES string of the molecule is CC(C)(CNCc1cc(Br)ccc1F)CC(=O)O. The zero-order valence-electron chi connectivity index (χ0n) is 10.5. The van der Waals surface area contributed by atoms with Crippen molar-refractivity contribution in [2.45, 2.75) is 26.8 Å². The first kappa shape index (κ1) is 15.1. The maximum atomic E-state index is 13.4. The Morgan fingerprint density at radius 3 is 2.78 bits per heavy atom. The summed E-state index contributed by atoms with van der Waals surface area (Å²) in [6.45, 7) is 4.64. The van der Waals surface area contributed by atoms with Gasteiger partial charge in [-0.25, -0.2) is 4.39 Å². The van der Waals surface area contributed by atoms with Gasteiger partial charge in [0, 0.05) is 23.1 Å². The summed E-state index contributed by atoms with van der Waals surface area (Å²) in [7, 11) is 0. The third-order valence-electron chi connectivity index (χ3n) is 2.56. The summed E-state index contributed by atoms with van der Waals surface area (Å²) in [6, 6.07) is 4.77. The Balaban J connectivity index is 2.51. The van der Waals surface area contributed by atoms with E-state index in [2.05, 4.69) is 21.2 Å². The molecule has 100 valence electrons. The zero-order valence-corrected chi connectivity index (χ0v) is 12.1. The third-order valence-corrected chi connectivity index (χ3v) is 3.05. The quantitative estimate of drug-likeness (QED) is 0.847. The summed E-state index contributed by atoms with van der Waals surface area (Å²) in [4.78, 5) is 10.7. The molecule has 0 bridgehead atoms. The number of nitrogens with one attached hydrogen (secondary N) is 1. The Labute approximate surface area is 115 Å². The molecule has 1 rings (SSSR count). The molecular formula is C13H17BrFNO2. The lowest BCUT2D eigenvalue weighted by Gasteiger charge is -2.22. The van der Waals surface area contributed by atoms with Crippen molar-refractivity contribution in [1.29, 1.82) is 0 Å². The van der Waals surface area contributed by atoms with E-state index in [1.807, 2.05) is 13.8 Å². The highest BCUT2D eigenvalue weighted by Crippen LogP contribution is 2.20. The first-order valence-corrected chi connectivity index (χ1v) is 6.46. The summed E-state index contributed by atoms with van der Waals surface area (Å²) in [5, 5.41) is 11.8. The molecule has 0 aliphatic rings. The summed E-state index contributed by atoms with van der Waals surface area (Å²) in [5.74, 6) is -1.09. The van der Waals surface area contributed by atoms with E-state index < -0.39 is 5.97 Å². The molecule has 0 heterocycles. The Morgan fingerprint density at radius 2 is 2.17 bits per heavy atom. The van der Waals surface area contributed by atoms with Crippen molar-refractivity contribution in [3.05, 3.63) is 34.1 Å². The largest absolute Gasteiger partial charge is 0.481 e. The van der Waals surface area contributed by atoms with E-state index in [4.69, 9.17) is 5.11 Å². The molecule has 0 aliphatic carbocycles. The Hall–Kier alpha value is -0.940. The van der Waals surface area contributed by atoms with Crippen LogP contribution in [0.2, 0.25) is 0 Å². The molecule has 1 aromatic carbocycles. The van der Waals surface area contributed by atoms with E-state index in [0.717, 1.165) is 4.47 Å². The fourth-order valence-electron chi connectivity index (χ4n) is 1.69. The monoisotopic (exact) mass is 317 g/mol. The van der Waals surface area contributed by atoms with Crippen LogP contribution in [0.25, 0.3) is 0 Å². The fraction of sp³-hybridized carbons (Fsp3) is 0.462. The van der Waals surface area contributed by atoms with Crippen LogP contribution >= 0.6 is 15.9 Å². The number of carboxylic acid groups (broad SMARTS) is 1. The number of carboxylic acids is 1. The molecule has 3 nitrogen and oxygen atoms in total. The van der Waals surface area contributed by atoms with Gasteiger partial charge in [-0.2, -0.15) is 0 Å². The fourth-order valence-corrected chi connectivity index (χ4v) is 2.09. The van der Waals surface area contributed by atoms with Crippen molar-refractivity contribution in [2.24, 2.45) is 5.41 Å². The molecule has 0 fully saturated rings. The lowest BCUT2D eigenvalue weighted by atomic mass is 9.89. The van der Waals surface area contributed by atoms with Crippen LogP contribution in [0.15, 0.2) is 22.7 Å². The normalized spacial score (nSPS) is 11.6. The van der Waals surface area contributed by atoms with Gasteiger partial charge in [-0.15, -0.1) is 0 Å². The van der Waals surface area contributed by atoms with Crippen molar-refractivity contribution in [3.8, 4) is 0 Å². The zero-order chi connectivity index (χ0) is 13.8. The van der Waals surface area contributed by atoms with Crippen molar-refractivity contribution in [3.63, 3.8) is 0 Å². The van der Waals surface area contributed by atoms with Gasteiger partial charge in [-0.05, 0) is 23.6 Å². The summed E-state index contributed by atoms with van der Waals surface area (Å²) < 4.78 is 14.3. The molecule has 0 radical (unpaired) electrons. The van der Waals surface area contributed by atoms with Crippen LogP contribution in [-0.2, 0) is 11.3 Å². The van der Waals surface area contributed by atoms with Crippen molar-refractivity contribution < 1.29 is 14.3 Å². The predicted molar refractivity (Wildman–Crippen MR) is 71.8 cm³/mol. The van der Waals surface area contributed by atoms with Crippen molar-refractivity contribution in [1.82, 2.24) is 5.32 Å². The van der Waals surface area contributed by atoms with Crippen LogP contribution < -0.4 is 5.32 Å². The van der Waals surface area contributed by atoms with Gasteiger partial charge < -0.3 is 10.4 Å². The van der Waals surface area contributed by atoms with E-state index in [-0.39, 0.29) is 17.7 Å². The topological polar surface area (TPSA) is 49.3 Å². The summed E-state index contributed by atoms with van der Waals surface area (Å²) in [6.07, 6.45) is 0.0843. The molecule has 5 heteroatoms. The molecular weight excluding hydrogens is 301 g/mol. The smallest absolute Gasteiger partial charge is 0.303 e. The number of carbonyl (C=O) groups is 1. The van der Waals surface area contributed by atoms with Crippen LogP contribution in [0.5, 0.6) is 0 Å². The van der Waals surface area contributed by atoms with E-state index in [9.17, 15) is 9.18 Å². The van der Waals surface area contributed by atoms with Gasteiger partial charge in [0.1, 0.15) is 5.82 Å². The number of halogens is 2. The molecule has 0 atom stereocenters. The number of rotatable bonds is 6. The standard InChI is InChI=1S/C13H17BrFNO2/c1-13(2,6-12(17)18)8-16-7-9-5-10(14)3-4-11(9)15/h3-5,16H,6-8H2,1-2H3,(H,17,18). The molecule has 0 saturated carbocycles. The molecule has 1 aromatic rings. The van der Waals surface area contributed by atoms with E-state index >= 15 is 0 Å². The van der Waals surface area contributed by atoms with Gasteiger partial charge in [-0.3, -0.25) is 4.79 Å². The maximum absolute atomic E-state index is 13.4. The molecule has 18 heavy (non-hydrogen) atoms. The second kappa shape index (κ2) is 6.29. The Bertz CT molecular complexity index is 435. The first-order chi connectivity index (χ1) is 8.30. The van der Waals surface area contributed by atoms with Gasteiger partial charge in [-0.1, -0.05) is 29.8 Å². The molecule has 0 unspecified atom stereocenters. The van der Waals surface area contributed by atoms with Crippen LogP contribution in [0.4, 0.5) is 4.39 Å². The van der Waals surface area contributed by atoms with Gasteiger partial charge in [0.2, 0.25) is 0 Å². The number of hydrogen-bond acceptors (Lipinski definition) is 2. The highest BCUT2D eigenvalue weighted by molar-refractivity contribution is 9.10. The average molecular weight is 318 g/mol. The van der Waals surface area contributed by atoms with Crippen LogP contribution in [0.3, 0.4) is 0 Å². The minimum Gasteiger partial charge on any atom is -0.481 e. The number of aliphatic carboxylic acids is 1. The summed E-state index contributed by atoms with van der Waals surface area (Å²) >= 11 is 3.29. The number of hydrogen-bond donors (Lipinski definition) is 2. The average Bonchev–Trinajstić information content (AvgIpc) is 2.21.